The zero-order valence-electron chi connectivity index (χ0n) is 12.0. The lowest BCUT2D eigenvalue weighted by atomic mass is 9.91. The van der Waals surface area contributed by atoms with E-state index in [0.717, 1.165) is 12.5 Å². The van der Waals surface area contributed by atoms with E-state index in [2.05, 4.69) is 51.4 Å². The molecule has 0 aromatic carbocycles. The van der Waals surface area contributed by atoms with E-state index < -0.39 is 0 Å². The molecule has 19 heavy (non-hydrogen) atoms. The Bertz CT molecular complexity index is 378. The second-order valence-electron chi connectivity index (χ2n) is 5.60. The third-order valence-corrected chi connectivity index (χ3v) is 5.71. The Balaban J connectivity index is 1.77. The fourth-order valence-corrected chi connectivity index (χ4v) is 4.30. The second kappa shape index (κ2) is 7.77. The van der Waals surface area contributed by atoms with Gasteiger partial charge in [-0.25, -0.2) is 0 Å². The van der Waals surface area contributed by atoms with Crippen LogP contribution in [0, 0.1) is 5.92 Å². The summed E-state index contributed by atoms with van der Waals surface area (Å²) in [5, 5.41) is 5.87. The van der Waals surface area contributed by atoms with Crippen LogP contribution in [0.1, 0.15) is 38.0 Å². The zero-order chi connectivity index (χ0) is 13.7. The Morgan fingerprint density at radius 3 is 3.11 bits per heavy atom. The van der Waals surface area contributed by atoms with Crippen LogP contribution in [0.15, 0.2) is 15.9 Å². The first kappa shape index (κ1) is 15.5. The number of piperidine rings is 1. The van der Waals surface area contributed by atoms with Crippen molar-refractivity contribution < 1.29 is 0 Å². The normalized spacial score (nSPS) is 22.6. The van der Waals surface area contributed by atoms with E-state index in [1.807, 2.05) is 11.3 Å². The SMILES string of the molecule is CCCN1CCCC(C(C)NCc2cc(Br)cs2)C1. The third kappa shape index (κ3) is 4.85. The molecule has 1 aromatic heterocycles. The van der Waals surface area contributed by atoms with Gasteiger partial charge in [0.2, 0.25) is 0 Å². The molecule has 0 radical (unpaired) electrons. The minimum absolute atomic E-state index is 0.612. The van der Waals surface area contributed by atoms with Crippen LogP contribution in [-0.4, -0.2) is 30.6 Å². The quantitative estimate of drug-likeness (QED) is 0.835. The van der Waals surface area contributed by atoms with Gasteiger partial charge in [-0.05, 0) is 67.2 Å². The molecule has 4 heteroatoms. The predicted octanol–water partition coefficient (Wildman–Crippen LogP) is 4.11. The van der Waals surface area contributed by atoms with Crippen molar-refractivity contribution in [1.82, 2.24) is 10.2 Å². The predicted molar refractivity (Wildman–Crippen MR) is 87.8 cm³/mol. The smallest absolute Gasteiger partial charge is 0.0302 e. The average Bonchev–Trinajstić information content (AvgIpc) is 2.82. The van der Waals surface area contributed by atoms with Crippen molar-refractivity contribution in [2.24, 2.45) is 5.92 Å². The molecule has 1 N–H and O–H groups in total. The number of halogens is 1. The fourth-order valence-electron chi connectivity index (χ4n) is 2.89. The van der Waals surface area contributed by atoms with Gasteiger partial charge >= 0.3 is 0 Å². The lowest BCUT2D eigenvalue weighted by molar-refractivity contribution is 0.151. The molecule has 108 valence electrons. The highest BCUT2D eigenvalue weighted by Crippen LogP contribution is 2.22. The van der Waals surface area contributed by atoms with Crippen molar-refractivity contribution in [2.45, 2.75) is 45.7 Å². The minimum atomic E-state index is 0.612. The van der Waals surface area contributed by atoms with E-state index >= 15 is 0 Å². The molecule has 1 fully saturated rings. The molecule has 0 aliphatic carbocycles. The van der Waals surface area contributed by atoms with Gasteiger partial charge in [-0.1, -0.05) is 6.92 Å². The standard InChI is InChI=1S/C15H25BrN2S/c1-3-6-18-7-4-5-13(10-18)12(2)17-9-15-8-14(16)11-19-15/h8,11-13,17H,3-7,9-10H2,1-2H3. The van der Waals surface area contributed by atoms with Crippen molar-refractivity contribution in [3.05, 3.63) is 20.8 Å². The van der Waals surface area contributed by atoms with Gasteiger partial charge < -0.3 is 10.2 Å². The molecule has 0 amide bonds. The summed E-state index contributed by atoms with van der Waals surface area (Å²) in [5.74, 6) is 0.809. The Labute approximate surface area is 129 Å². The molecule has 2 atom stereocenters. The molecule has 1 aliphatic heterocycles. The molecule has 0 spiro atoms. The van der Waals surface area contributed by atoms with E-state index in [1.54, 1.807) is 0 Å². The minimum Gasteiger partial charge on any atom is -0.309 e. The first-order valence-electron chi connectivity index (χ1n) is 7.37. The van der Waals surface area contributed by atoms with E-state index in [9.17, 15) is 0 Å². The van der Waals surface area contributed by atoms with Crippen molar-refractivity contribution in [2.75, 3.05) is 19.6 Å². The summed E-state index contributed by atoms with van der Waals surface area (Å²) in [6, 6.07) is 2.83. The Kier molecular flexibility index (Phi) is 6.33. The zero-order valence-corrected chi connectivity index (χ0v) is 14.4. The molecule has 2 unspecified atom stereocenters. The van der Waals surface area contributed by atoms with Gasteiger partial charge in [0.05, 0.1) is 0 Å². The van der Waals surface area contributed by atoms with Crippen LogP contribution < -0.4 is 5.32 Å². The topological polar surface area (TPSA) is 15.3 Å². The summed E-state index contributed by atoms with van der Waals surface area (Å²) in [6.45, 7) is 9.47. The number of hydrogen-bond donors (Lipinski definition) is 1. The van der Waals surface area contributed by atoms with Crippen molar-refractivity contribution in [3.63, 3.8) is 0 Å². The lowest BCUT2D eigenvalue weighted by Crippen LogP contribution is -2.44. The third-order valence-electron chi connectivity index (χ3n) is 4.01. The van der Waals surface area contributed by atoms with E-state index in [4.69, 9.17) is 0 Å². The number of rotatable bonds is 6. The summed E-state index contributed by atoms with van der Waals surface area (Å²) in [5.41, 5.74) is 0. The van der Waals surface area contributed by atoms with Gasteiger partial charge in [0.1, 0.15) is 0 Å². The average molecular weight is 345 g/mol. The molecule has 2 heterocycles. The maximum atomic E-state index is 3.71. The van der Waals surface area contributed by atoms with Gasteiger partial charge in [-0.2, -0.15) is 0 Å². The fraction of sp³-hybridized carbons (Fsp3) is 0.733. The van der Waals surface area contributed by atoms with E-state index in [0.29, 0.717) is 6.04 Å². The first-order chi connectivity index (χ1) is 9.19. The molecule has 2 nitrogen and oxygen atoms in total. The highest BCUT2D eigenvalue weighted by Gasteiger charge is 2.23. The summed E-state index contributed by atoms with van der Waals surface area (Å²) in [6.07, 6.45) is 4.02. The van der Waals surface area contributed by atoms with Gasteiger partial charge in [-0.3, -0.25) is 0 Å². The molecule has 1 aliphatic rings. The molecular weight excluding hydrogens is 320 g/mol. The maximum Gasteiger partial charge on any atom is 0.0302 e. The first-order valence-corrected chi connectivity index (χ1v) is 9.05. The van der Waals surface area contributed by atoms with Crippen LogP contribution in [0.2, 0.25) is 0 Å². The van der Waals surface area contributed by atoms with Crippen LogP contribution >= 0.6 is 27.3 Å². The summed E-state index contributed by atoms with van der Waals surface area (Å²) in [4.78, 5) is 4.05. The largest absolute Gasteiger partial charge is 0.309 e. The van der Waals surface area contributed by atoms with Crippen molar-refractivity contribution in [3.8, 4) is 0 Å². The second-order valence-corrected chi connectivity index (χ2v) is 7.52. The number of nitrogens with one attached hydrogen (secondary N) is 1. The molecule has 0 bridgehead atoms. The van der Waals surface area contributed by atoms with Gasteiger partial charge in [0.15, 0.2) is 0 Å². The Hall–Kier alpha value is 0.1000. The van der Waals surface area contributed by atoms with Crippen LogP contribution in [0.4, 0.5) is 0 Å². The number of hydrogen-bond acceptors (Lipinski definition) is 3. The summed E-state index contributed by atoms with van der Waals surface area (Å²) >= 11 is 5.34. The molecule has 1 saturated heterocycles. The van der Waals surface area contributed by atoms with Crippen molar-refractivity contribution in [1.29, 1.82) is 0 Å². The summed E-state index contributed by atoms with van der Waals surface area (Å²) in [7, 11) is 0. The van der Waals surface area contributed by atoms with Crippen molar-refractivity contribution >= 4 is 27.3 Å². The Morgan fingerprint density at radius 1 is 1.58 bits per heavy atom. The van der Waals surface area contributed by atoms with Crippen LogP contribution in [0.3, 0.4) is 0 Å². The number of likely N-dealkylation sites (tertiary alicyclic amines) is 1. The number of thiophene rings is 1. The number of nitrogens with zero attached hydrogens (tertiary/aromatic N) is 1. The molecule has 0 saturated carbocycles. The highest BCUT2D eigenvalue weighted by atomic mass is 79.9. The van der Waals surface area contributed by atoms with Crippen LogP contribution in [-0.2, 0) is 6.54 Å². The lowest BCUT2D eigenvalue weighted by Gasteiger charge is -2.36. The van der Waals surface area contributed by atoms with Crippen LogP contribution in [0.25, 0.3) is 0 Å². The maximum absolute atomic E-state index is 3.71. The molecule has 2 rings (SSSR count). The van der Waals surface area contributed by atoms with Crippen LogP contribution in [0.5, 0.6) is 0 Å². The highest BCUT2D eigenvalue weighted by molar-refractivity contribution is 9.10. The Morgan fingerprint density at radius 2 is 2.42 bits per heavy atom. The van der Waals surface area contributed by atoms with Gasteiger partial charge in [0, 0.05) is 33.9 Å². The molecule has 1 aromatic rings. The van der Waals surface area contributed by atoms with Gasteiger partial charge in [0.25, 0.3) is 0 Å². The molecular formula is C15H25BrN2S. The monoisotopic (exact) mass is 344 g/mol. The van der Waals surface area contributed by atoms with E-state index in [-0.39, 0.29) is 0 Å². The van der Waals surface area contributed by atoms with E-state index in [1.165, 1.54) is 48.2 Å². The summed E-state index contributed by atoms with van der Waals surface area (Å²) < 4.78 is 1.20. The van der Waals surface area contributed by atoms with Gasteiger partial charge in [-0.15, -0.1) is 11.3 Å².